The maximum Gasteiger partial charge on any atom is 0.372 e. The minimum Gasteiger partial charge on any atom is -0.465 e. The first-order chi connectivity index (χ1) is 6.20. The van der Waals surface area contributed by atoms with Gasteiger partial charge < -0.3 is 14.0 Å². The molecule has 0 aromatic carbocycles. The number of esters is 1. The van der Waals surface area contributed by atoms with Crippen molar-refractivity contribution in [2.75, 3.05) is 14.2 Å². The molecule has 1 heterocycles. The number of ether oxygens (including phenoxy) is 2. The molecule has 72 valence electrons. The quantitative estimate of drug-likeness (QED) is 0.668. The third-order valence-electron chi connectivity index (χ3n) is 1.45. The number of methoxy groups -OCH3 is 2. The number of carbonyl (C=O) groups is 1. The molecule has 13 heavy (non-hydrogen) atoms. The Kier molecular flexibility index (Phi) is 2.86. The summed E-state index contributed by atoms with van der Waals surface area (Å²) in [6, 6.07) is 0. The molecule has 0 radical (unpaired) electrons. The number of hydrogen-bond donors (Lipinski definition) is 1. The lowest BCUT2D eigenvalue weighted by Gasteiger charge is -1.96. The van der Waals surface area contributed by atoms with Gasteiger partial charge in [0.15, 0.2) is 5.56 Å². The first-order valence-corrected chi connectivity index (χ1v) is 3.48. The van der Waals surface area contributed by atoms with Gasteiger partial charge in [-0.2, -0.15) is 0 Å². The van der Waals surface area contributed by atoms with E-state index in [-0.39, 0.29) is 17.9 Å². The third kappa shape index (κ3) is 1.78. The fourth-order valence-electron chi connectivity index (χ4n) is 0.888. The average molecular weight is 187 g/mol. The molecule has 0 aliphatic carbocycles. The number of aromatic nitrogens is 1. The van der Waals surface area contributed by atoms with Crippen LogP contribution in [-0.2, 0) is 16.1 Å². The predicted molar refractivity (Wildman–Crippen MR) is 41.4 cm³/mol. The van der Waals surface area contributed by atoms with Crippen molar-refractivity contribution < 1.29 is 18.8 Å². The molecule has 1 aromatic heterocycles. The minimum atomic E-state index is -0.751. The Morgan fingerprint density at radius 2 is 2.23 bits per heavy atom. The third-order valence-corrected chi connectivity index (χ3v) is 1.45. The van der Waals surface area contributed by atoms with E-state index in [4.69, 9.17) is 4.74 Å². The molecule has 0 fully saturated rings. The molecule has 1 N–H and O–H groups in total. The molecule has 0 unspecified atom stereocenters. The second kappa shape index (κ2) is 3.90. The lowest BCUT2D eigenvalue weighted by atomic mass is 10.2. The highest BCUT2D eigenvalue weighted by Crippen LogP contribution is 2.03. The Labute approximate surface area is 73.4 Å². The van der Waals surface area contributed by atoms with E-state index < -0.39 is 11.6 Å². The molecule has 1 rings (SSSR count). The van der Waals surface area contributed by atoms with Crippen molar-refractivity contribution >= 4 is 5.97 Å². The van der Waals surface area contributed by atoms with Crippen molar-refractivity contribution in [2.45, 2.75) is 6.61 Å². The molecule has 6 heteroatoms. The number of H-pyrrole nitrogens is 1. The van der Waals surface area contributed by atoms with E-state index >= 15 is 0 Å². The van der Waals surface area contributed by atoms with E-state index in [1.165, 1.54) is 14.2 Å². The lowest BCUT2D eigenvalue weighted by Crippen LogP contribution is -2.13. The summed E-state index contributed by atoms with van der Waals surface area (Å²) in [5, 5.41) is 2.28. The van der Waals surface area contributed by atoms with Gasteiger partial charge in [-0.25, -0.2) is 14.7 Å². The largest absolute Gasteiger partial charge is 0.465 e. The Balaban J connectivity index is 3.08. The van der Waals surface area contributed by atoms with E-state index in [1.807, 2.05) is 0 Å². The van der Waals surface area contributed by atoms with Crippen LogP contribution >= 0.6 is 0 Å². The SMILES string of the molecule is COCc1[nH]oc(=O)c1C(=O)OC. The Bertz CT molecular complexity index is 350. The molecule has 6 nitrogen and oxygen atoms in total. The van der Waals surface area contributed by atoms with Gasteiger partial charge >= 0.3 is 11.6 Å². The summed E-state index contributed by atoms with van der Waals surface area (Å²) in [6.45, 7) is 0.0934. The highest BCUT2D eigenvalue weighted by molar-refractivity contribution is 5.89. The zero-order valence-electron chi connectivity index (χ0n) is 7.25. The summed E-state index contributed by atoms with van der Waals surface area (Å²) in [7, 11) is 2.62. The second-order valence-electron chi connectivity index (χ2n) is 2.27. The second-order valence-corrected chi connectivity index (χ2v) is 2.27. The Hall–Kier alpha value is -1.56. The monoisotopic (exact) mass is 187 g/mol. The van der Waals surface area contributed by atoms with Crippen LogP contribution in [-0.4, -0.2) is 25.3 Å². The van der Waals surface area contributed by atoms with Crippen LogP contribution < -0.4 is 5.63 Å². The molecule has 0 saturated carbocycles. The molecular formula is C7H9NO5. The smallest absolute Gasteiger partial charge is 0.372 e. The Morgan fingerprint density at radius 3 is 2.77 bits per heavy atom. The molecule has 0 amide bonds. The average Bonchev–Trinajstić information content (AvgIpc) is 2.47. The predicted octanol–water partition coefficient (Wildman–Crippen LogP) is -0.0991. The lowest BCUT2D eigenvalue weighted by molar-refractivity contribution is 0.0593. The van der Waals surface area contributed by atoms with Crippen molar-refractivity contribution in [1.82, 2.24) is 5.16 Å². The van der Waals surface area contributed by atoms with Crippen molar-refractivity contribution in [3.05, 3.63) is 21.7 Å². The van der Waals surface area contributed by atoms with Crippen LogP contribution in [0.5, 0.6) is 0 Å². The summed E-state index contributed by atoms with van der Waals surface area (Å²) in [4.78, 5) is 22.0. The van der Waals surface area contributed by atoms with Gasteiger partial charge in [-0.05, 0) is 0 Å². The molecular weight excluding hydrogens is 178 g/mol. The van der Waals surface area contributed by atoms with Crippen LogP contribution in [0, 0.1) is 0 Å². The van der Waals surface area contributed by atoms with E-state index in [0.717, 1.165) is 0 Å². The van der Waals surface area contributed by atoms with Crippen molar-refractivity contribution in [3.63, 3.8) is 0 Å². The van der Waals surface area contributed by atoms with Gasteiger partial charge in [0.05, 0.1) is 19.4 Å². The molecule has 0 spiro atoms. The zero-order valence-corrected chi connectivity index (χ0v) is 7.25. The summed E-state index contributed by atoms with van der Waals surface area (Å²) in [5.41, 5.74) is -0.623. The first-order valence-electron chi connectivity index (χ1n) is 3.48. The van der Waals surface area contributed by atoms with Crippen molar-refractivity contribution in [2.24, 2.45) is 0 Å². The van der Waals surface area contributed by atoms with Crippen LogP contribution in [0.1, 0.15) is 16.1 Å². The number of nitrogens with one attached hydrogen (secondary N) is 1. The van der Waals surface area contributed by atoms with Crippen LogP contribution in [0.15, 0.2) is 9.32 Å². The molecule has 0 atom stereocenters. The highest BCUT2D eigenvalue weighted by atomic mass is 16.5. The summed E-state index contributed by atoms with van der Waals surface area (Å²) in [5.74, 6) is -0.734. The van der Waals surface area contributed by atoms with Crippen LogP contribution in [0.25, 0.3) is 0 Å². The summed E-state index contributed by atoms with van der Waals surface area (Å²) < 4.78 is 13.5. The van der Waals surface area contributed by atoms with Crippen LogP contribution in [0.2, 0.25) is 0 Å². The minimum absolute atomic E-state index is 0.0934. The van der Waals surface area contributed by atoms with Gasteiger partial charge in [-0.1, -0.05) is 0 Å². The number of carbonyl (C=O) groups excluding carboxylic acids is 1. The Morgan fingerprint density at radius 1 is 1.54 bits per heavy atom. The summed E-state index contributed by atoms with van der Waals surface area (Å²) in [6.07, 6.45) is 0. The van der Waals surface area contributed by atoms with Gasteiger partial charge in [0.25, 0.3) is 0 Å². The van der Waals surface area contributed by atoms with Gasteiger partial charge in [0.2, 0.25) is 0 Å². The maximum absolute atomic E-state index is 11.0. The summed E-state index contributed by atoms with van der Waals surface area (Å²) >= 11 is 0. The molecule has 0 bridgehead atoms. The number of hydrogen-bond acceptors (Lipinski definition) is 5. The molecule has 0 aliphatic heterocycles. The van der Waals surface area contributed by atoms with E-state index in [2.05, 4.69) is 14.4 Å². The zero-order chi connectivity index (χ0) is 9.84. The van der Waals surface area contributed by atoms with E-state index in [9.17, 15) is 9.59 Å². The topological polar surface area (TPSA) is 81.5 Å². The fourth-order valence-corrected chi connectivity index (χ4v) is 0.888. The van der Waals surface area contributed by atoms with E-state index in [0.29, 0.717) is 0 Å². The highest BCUT2D eigenvalue weighted by Gasteiger charge is 2.20. The van der Waals surface area contributed by atoms with Gasteiger partial charge in [-0.3, -0.25) is 0 Å². The number of rotatable bonds is 3. The van der Waals surface area contributed by atoms with Gasteiger partial charge in [-0.15, -0.1) is 0 Å². The van der Waals surface area contributed by atoms with Crippen molar-refractivity contribution in [3.8, 4) is 0 Å². The maximum atomic E-state index is 11.0. The van der Waals surface area contributed by atoms with Crippen molar-refractivity contribution in [1.29, 1.82) is 0 Å². The fraction of sp³-hybridized carbons (Fsp3) is 0.429. The normalized spacial score (nSPS) is 10.0. The molecule has 0 saturated heterocycles. The molecule has 0 aliphatic rings. The van der Waals surface area contributed by atoms with Gasteiger partial charge in [0.1, 0.15) is 0 Å². The molecule has 1 aromatic rings. The van der Waals surface area contributed by atoms with Crippen LogP contribution in [0.4, 0.5) is 0 Å². The standard InChI is InChI=1S/C7H9NO5/c1-11-3-4-5(6(9)12-2)7(10)13-8-4/h8H,3H2,1-2H3. The van der Waals surface area contributed by atoms with Gasteiger partial charge in [0, 0.05) is 7.11 Å². The first kappa shape index (κ1) is 9.53. The van der Waals surface area contributed by atoms with Crippen LogP contribution in [0.3, 0.4) is 0 Å². The number of aromatic amines is 1. The van der Waals surface area contributed by atoms with E-state index in [1.54, 1.807) is 0 Å².